The van der Waals surface area contributed by atoms with Gasteiger partial charge in [0.1, 0.15) is 15.6 Å². The fourth-order valence-corrected chi connectivity index (χ4v) is 3.50. The second-order valence-corrected chi connectivity index (χ2v) is 7.94. The lowest BCUT2D eigenvalue weighted by Crippen LogP contribution is -2.35. The molecular formula is C13H25NO3S. The zero-order valence-electron chi connectivity index (χ0n) is 11.3. The van der Waals surface area contributed by atoms with Crippen molar-refractivity contribution in [1.29, 1.82) is 0 Å². The summed E-state index contributed by atoms with van der Waals surface area (Å²) in [6, 6.07) is 0. The molecule has 0 amide bonds. The highest BCUT2D eigenvalue weighted by Gasteiger charge is 2.32. The molecule has 0 spiro atoms. The minimum absolute atomic E-state index is 0.0109. The number of rotatable bonds is 7. The lowest BCUT2D eigenvalue weighted by atomic mass is 9.71. The Morgan fingerprint density at radius 1 is 1.22 bits per heavy atom. The Balaban J connectivity index is 2.47. The molecule has 0 aromatic rings. The van der Waals surface area contributed by atoms with Gasteiger partial charge in [-0.3, -0.25) is 4.79 Å². The van der Waals surface area contributed by atoms with Gasteiger partial charge < -0.3 is 5.73 Å². The first-order chi connectivity index (χ1) is 8.43. The molecule has 0 radical (unpaired) electrons. The van der Waals surface area contributed by atoms with Gasteiger partial charge in [-0.2, -0.15) is 0 Å². The van der Waals surface area contributed by atoms with Crippen molar-refractivity contribution in [1.82, 2.24) is 0 Å². The molecule has 0 aliphatic heterocycles. The third-order valence-corrected chi connectivity index (χ3v) is 5.76. The molecule has 0 heterocycles. The van der Waals surface area contributed by atoms with Crippen molar-refractivity contribution in [3.63, 3.8) is 0 Å². The van der Waals surface area contributed by atoms with E-state index in [-0.39, 0.29) is 29.1 Å². The zero-order chi connectivity index (χ0) is 13.6. The summed E-state index contributed by atoms with van der Waals surface area (Å²) in [7, 11) is -3.03. The highest BCUT2D eigenvalue weighted by atomic mass is 32.2. The summed E-state index contributed by atoms with van der Waals surface area (Å²) < 4.78 is 22.7. The van der Waals surface area contributed by atoms with E-state index in [0.29, 0.717) is 13.0 Å². The van der Waals surface area contributed by atoms with E-state index in [0.717, 1.165) is 25.7 Å². The van der Waals surface area contributed by atoms with E-state index in [9.17, 15) is 13.2 Å². The van der Waals surface area contributed by atoms with Crippen LogP contribution in [-0.2, 0) is 14.6 Å². The molecule has 0 atom stereocenters. The molecule has 2 N–H and O–H groups in total. The average molecular weight is 275 g/mol. The van der Waals surface area contributed by atoms with Crippen LogP contribution in [0.1, 0.15) is 51.9 Å². The Hall–Kier alpha value is -0.420. The summed E-state index contributed by atoms with van der Waals surface area (Å²) in [6.45, 7) is 2.15. The van der Waals surface area contributed by atoms with Crippen LogP contribution in [0.5, 0.6) is 0 Å². The van der Waals surface area contributed by atoms with Gasteiger partial charge in [-0.1, -0.05) is 26.2 Å². The van der Waals surface area contributed by atoms with Crippen LogP contribution < -0.4 is 5.73 Å². The smallest absolute Gasteiger partial charge is 0.150 e. The standard InChI is InChI=1S/C13H25NO3S/c1-2-18(16,17)9-6-12(15)10-13(11-14)7-4-3-5-8-13/h2-11,14H2,1H3. The number of nitrogens with two attached hydrogens (primary N) is 1. The van der Waals surface area contributed by atoms with Crippen molar-refractivity contribution in [2.24, 2.45) is 11.1 Å². The van der Waals surface area contributed by atoms with Gasteiger partial charge in [0.15, 0.2) is 0 Å². The molecule has 0 aromatic heterocycles. The molecule has 0 aromatic carbocycles. The lowest BCUT2D eigenvalue weighted by molar-refractivity contribution is -0.121. The quantitative estimate of drug-likeness (QED) is 0.767. The number of hydrogen-bond acceptors (Lipinski definition) is 4. The molecule has 0 saturated heterocycles. The van der Waals surface area contributed by atoms with Crippen LogP contribution in [0, 0.1) is 5.41 Å². The maximum absolute atomic E-state index is 11.9. The Kier molecular flexibility index (Phi) is 5.79. The Bertz CT molecular complexity index is 370. The highest BCUT2D eigenvalue weighted by Crippen LogP contribution is 2.38. The van der Waals surface area contributed by atoms with E-state index >= 15 is 0 Å². The summed E-state index contributed by atoms with van der Waals surface area (Å²) in [6.07, 6.45) is 6.13. The summed E-state index contributed by atoms with van der Waals surface area (Å²) in [5.41, 5.74) is 5.77. The molecule has 1 fully saturated rings. The molecule has 4 nitrogen and oxygen atoms in total. The summed E-state index contributed by atoms with van der Waals surface area (Å²) in [5.74, 6) is 0.157. The van der Waals surface area contributed by atoms with E-state index in [1.807, 2.05) is 0 Å². The molecule has 0 bridgehead atoms. The minimum Gasteiger partial charge on any atom is -0.330 e. The van der Waals surface area contributed by atoms with Gasteiger partial charge in [0.2, 0.25) is 0 Å². The first-order valence-electron chi connectivity index (χ1n) is 6.85. The van der Waals surface area contributed by atoms with E-state index in [4.69, 9.17) is 5.73 Å². The zero-order valence-corrected chi connectivity index (χ0v) is 12.1. The second kappa shape index (κ2) is 6.66. The molecule has 106 valence electrons. The van der Waals surface area contributed by atoms with Gasteiger partial charge in [-0.25, -0.2) is 8.42 Å². The van der Waals surface area contributed by atoms with Crippen LogP contribution >= 0.6 is 0 Å². The van der Waals surface area contributed by atoms with E-state index in [1.165, 1.54) is 6.42 Å². The van der Waals surface area contributed by atoms with E-state index in [2.05, 4.69) is 0 Å². The SMILES string of the molecule is CCS(=O)(=O)CCC(=O)CC1(CN)CCCCC1. The van der Waals surface area contributed by atoms with Gasteiger partial charge in [-0.05, 0) is 24.8 Å². The fourth-order valence-electron chi connectivity index (χ4n) is 2.68. The number of carbonyl (C=O) groups excluding carboxylic acids is 1. The Morgan fingerprint density at radius 2 is 1.83 bits per heavy atom. The van der Waals surface area contributed by atoms with Crippen LogP contribution in [0.4, 0.5) is 0 Å². The third kappa shape index (κ3) is 4.69. The van der Waals surface area contributed by atoms with Crippen LogP contribution in [0.2, 0.25) is 0 Å². The lowest BCUT2D eigenvalue weighted by Gasteiger charge is -2.35. The second-order valence-electron chi connectivity index (χ2n) is 5.47. The van der Waals surface area contributed by atoms with Crippen molar-refractivity contribution in [3.05, 3.63) is 0 Å². The number of sulfone groups is 1. The number of hydrogen-bond donors (Lipinski definition) is 1. The van der Waals surface area contributed by atoms with Gasteiger partial charge >= 0.3 is 0 Å². The first kappa shape index (κ1) is 15.6. The van der Waals surface area contributed by atoms with Gasteiger partial charge in [-0.15, -0.1) is 0 Å². The van der Waals surface area contributed by atoms with Crippen molar-refractivity contribution in [2.75, 3.05) is 18.1 Å². The van der Waals surface area contributed by atoms with Crippen LogP contribution in [0.3, 0.4) is 0 Å². The first-order valence-corrected chi connectivity index (χ1v) is 8.67. The molecule has 5 heteroatoms. The van der Waals surface area contributed by atoms with Crippen LogP contribution in [0.15, 0.2) is 0 Å². The summed E-state index contributed by atoms with van der Waals surface area (Å²) >= 11 is 0. The predicted octanol–water partition coefficient (Wildman–Crippen LogP) is 1.68. The molecule has 1 aliphatic carbocycles. The maximum Gasteiger partial charge on any atom is 0.150 e. The Labute approximate surface area is 110 Å². The van der Waals surface area contributed by atoms with Crippen LogP contribution in [0.25, 0.3) is 0 Å². The Morgan fingerprint density at radius 3 is 2.33 bits per heavy atom. The van der Waals surface area contributed by atoms with Gasteiger partial charge in [0, 0.05) is 18.6 Å². The molecule has 1 saturated carbocycles. The number of carbonyl (C=O) groups is 1. The van der Waals surface area contributed by atoms with Gasteiger partial charge in [0.25, 0.3) is 0 Å². The average Bonchev–Trinajstić information content (AvgIpc) is 2.38. The van der Waals surface area contributed by atoms with Crippen molar-refractivity contribution in [2.45, 2.75) is 51.9 Å². The summed E-state index contributed by atoms with van der Waals surface area (Å²) in [5, 5.41) is 0. The number of ketones is 1. The normalized spacial score (nSPS) is 19.7. The topological polar surface area (TPSA) is 77.2 Å². The van der Waals surface area contributed by atoms with Crippen molar-refractivity contribution in [3.8, 4) is 0 Å². The largest absolute Gasteiger partial charge is 0.330 e. The summed E-state index contributed by atoms with van der Waals surface area (Å²) in [4.78, 5) is 11.9. The molecule has 18 heavy (non-hydrogen) atoms. The van der Waals surface area contributed by atoms with Crippen molar-refractivity contribution < 1.29 is 13.2 Å². The van der Waals surface area contributed by atoms with Gasteiger partial charge in [0.05, 0.1) is 5.75 Å². The van der Waals surface area contributed by atoms with E-state index in [1.54, 1.807) is 6.92 Å². The molecule has 1 aliphatic rings. The highest BCUT2D eigenvalue weighted by molar-refractivity contribution is 7.91. The van der Waals surface area contributed by atoms with Crippen molar-refractivity contribution >= 4 is 15.6 Å². The molecule has 1 rings (SSSR count). The fraction of sp³-hybridized carbons (Fsp3) is 0.923. The third-order valence-electron chi connectivity index (χ3n) is 4.05. The monoisotopic (exact) mass is 275 g/mol. The maximum atomic E-state index is 11.9. The van der Waals surface area contributed by atoms with E-state index < -0.39 is 9.84 Å². The predicted molar refractivity (Wildman–Crippen MR) is 73.1 cm³/mol. The molecule has 0 unspecified atom stereocenters. The minimum atomic E-state index is -3.03. The van der Waals surface area contributed by atoms with Crippen LogP contribution in [-0.4, -0.2) is 32.3 Å². The number of Topliss-reactive ketones (excluding diaryl/α,β-unsaturated/α-hetero) is 1. The molecular weight excluding hydrogens is 250 g/mol.